The van der Waals surface area contributed by atoms with Crippen LogP contribution in [0, 0.1) is 13.8 Å². The van der Waals surface area contributed by atoms with E-state index in [2.05, 4.69) is 4.98 Å². The largest absolute Gasteiger partial charge is 0.507 e. The maximum absolute atomic E-state index is 13.2. The lowest BCUT2D eigenvalue weighted by Gasteiger charge is -2.23. The van der Waals surface area contributed by atoms with Gasteiger partial charge in [0.15, 0.2) is 5.13 Å². The number of hydrogen-bond acceptors (Lipinski definition) is 5. The van der Waals surface area contributed by atoms with E-state index in [-0.39, 0.29) is 11.3 Å². The highest BCUT2D eigenvalue weighted by molar-refractivity contribution is 7.22. The van der Waals surface area contributed by atoms with E-state index in [9.17, 15) is 14.7 Å². The number of ketones is 1. The number of Topliss-reactive ketones (excluding diaryl/α,β-unsaturated/α-hetero) is 1. The fraction of sp³-hybridized carbons (Fsp3) is 0.115. The van der Waals surface area contributed by atoms with E-state index in [4.69, 9.17) is 0 Å². The Morgan fingerprint density at radius 3 is 2.19 bits per heavy atom. The van der Waals surface area contributed by atoms with Crippen molar-refractivity contribution in [1.29, 1.82) is 0 Å². The highest BCUT2D eigenvalue weighted by Crippen LogP contribution is 2.44. The van der Waals surface area contributed by atoms with Crippen molar-refractivity contribution in [3.05, 3.63) is 101 Å². The number of aryl methyl sites for hydroxylation is 2. The van der Waals surface area contributed by atoms with E-state index < -0.39 is 17.7 Å². The number of amides is 1. The van der Waals surface area contributed by atoms with E-state index in [0.29, 0.717) is 10.7 Å². The summed E-state index contributed by atoms with van der Waals surface area (Å²) in [4.78, 5) is 32.5. The Labute approximate surface area is 189 Å². The minimum Gasteiger partial charge on any atom is -0.507 e. The standard InChI is InChI=1S/C26H20N2O3S/c1-15-7-11-17(12-8-15)22-21(23(29)18-13-9-16(2)10-14-18)24(30)25(31)28(22)26-27-19-5-3-4-6-20(19)32-26/h3-14,22,29H,1-2H3/b23-21+. The van der Waals surface area contributed by atoms with Gasteiger partial charge in [-0.05, 0) is 31.5 Å². The quantitative estimate of drug-likeness (QED) is 0.258. The van der Waals surface area contributed by atoms with Gasteiger partial charge < -0.3 is 5.11 Å². The first-order valence-electron chi connectivity index (χ1n) is 10.2. The van der Waals surface area contributed by atoms with Crippen molar-refractivity contribution in [2.45, 2.75) is 19.9 Å². The van der Waals surface area contributed by atoms with Crippen LogP contribution in [-0.2, 0) is 9.59 Å². The summed E-state index contributed by atoms with van der Waals surface area (Å²) in [5.74, 6) is -1.59. The topological polar surface area (TPSA) is 70.5 Å². The molecule has 1 fully saturated rings. The van der Waals surface area contributed by atoms with Crippen molar-refractivity contribution in [1.82, 2.24) is 4.98 Å². The summed E-state index contributed by atoms with van der Waals surface area (Å²) < 4.78 is 0.922. The molecule has 1 aliphatic heterocycles. The van der Waals surface area contributed by atoms with E-state index in [1.165, 1.54) is 16.2 Å². The molecule has 5 nitrogen and oxygen atoms in total. The number of hydrogen-bond donors (Lipinski definition) is 1. The second-order valence-electron chi connectivity index (χ2n) is 7.91. The van der Waals surface area contributed by atoms with Gasteiger partial charge in [0.05, 0.1) is 21.8 Å². The number of thiazole rings is 1. The number of aliphatic hydroxyl groups excluding tert-OH is 1. The minimum absolute atomic E-state index is 0.0713. The molecule has 0 aliphatic carbocycles. The Bertz CT molecular complexity index is 1350. The van der Waals surface area contributed by atoms with Crippen LogP contribution >= 0.6 is 11.3 Å². The van der Waals surface area contributed by atoms with Crippen LogP contribution in [0.5, 0.6) is 0 Å². The molecule has 2 heterocycles. The third-order valence-corrected chi connectivity index (χ3v) is 6.69. The van der Waals surface area contributed by atoms with Crippen molar-refractivity contribution < 1.29 is 14.7 Å². The van der Waals surface area contributed by atoms with Crippen LogP contribution in [0.4, 0.5) is 5.13 Å². The normalized spacial score (nSPS) is 17.9. The van der Waals surface area contributed by atoms with Gasteiger partial charge in [0, 0.05) is 5.56 Å². The predicted octanol–water partition coefficient (Wildman–Crippen LogP) is 5.54. The average Bonchev–Trinajstić information content (AvgIpc) is 3.33. The Morgan fingerprint density at radius 1 is 0.906 bits per heavy atom. The summed E-state index contributed by atoms with van der Waals surface area (Å²) in [7, 11) is 0. The van der Waals surface area contributed by atoms with Gasteiger partial charge in [-0.1, -0.05) is 83.1 Å². The van der Waals surface area contributed by atoms with Crippen LogP contribution in [0.25, 0.3) is 16.0 Å². The van der Waals surface area contributed by atoms with E-state index in [0.717, 1.165) is 26.9 Å². The van der Waals surface area contributed by atoms with Crippen molar-refractivity contribution in [3.63, 3.8) is 0 Å². The molecule has 3 aromatic carbocycles. The van der Waals surface area contributed by atoms with E-state index in [1.807, 2.05) is 74.5 Å². The van der Waals surface area contributed by atoms with Crippen LogP contribution in [0.3, 0.4) is 0 Å². The molecule has 5 rings (SSSR count). The second kappa shape index (κ2) is 7.73. The fourth-order valence-corrected chi connectivity index (χ4v) is 4.92. The summed E-state index contributed by atoms with van der Waals surface area (Å²) in [6.45, 7) is 3.92. The number of anilines is 1. The van der Waals surface area contributed by atoms with Gasteiger partial charge in [-0.3, -0.25) is 14.5 Å². The number of para-hydroxylation sites is 1. The number of carbonyl (C=O) groups is 2. The average molecular weight is 441 g/mol. The Morgan fingerprint density at radius 2 is 1.53 bits per heavy atom. The highest BCUT2D eigenvalue weighted by Gasteiger charge is 2.48. The number of aliphatic hydroxyl groups is 1. The van der Waals surface area contributed by atoms with Crippen molar-refractivity contribution >= 4 is 44.1 Å². The summed E-state index contributed by atoms with van der Waals surface area (Å²) >= 11 is 1.35. The molecule has 0 bridgehead atoms. The first-order valence-corrected chi connectivity index (χ1v) is 11.1. The van der Waals surface area contributed by atoms with Crippen molar-refractivity contribution in [2.75, 3.05) is 4.90 Å². The van der Waals surface area contributed by atoms with Gasteiger partial charge in [-0.15, -0.1) is 0 Å². The third-order valence-electron chi connectivity index (χ3n) is 5.65. The van der Waals surface area contributed by atoms with E-state index >= 15 is 0 Å². The highest BCUT2D eigenvalue weighted by atomic mass is 32.1. The molecule has 4 aromatic rings. The van der Waals surface area contributed by atoms with Gasteiger partial charge in [0.25, 0.3) is 5.78 Å². The summed E-state index contributed by atoms with van der Waals surface area (Å²) in [6.07, 6.45) is 0. The van der Waals surface area contributed by atoms with Crippen LogP contribution in [0.2, 0.25) is 0 Å². The molecule has 1 aliphatic rings. The van der Waals surface area contributed by atoms with Crippen LogP contribution in [0.15, 0.2) is 78.4 Å². The number of fused-ring (bicyclic) bond motifs is 1. The smallest absolute Gasteiger partial charge is 0.301 e. The molecule has 158 valence electrons. The van der Waals surface area contributed by atoms with Gasteiger partial charge in [0.2, 0.25) is 0 Å². The first-order chi connectivity index (χ1) is 15.4. The molecule has 0 radical (unpaired) electrons. The molecule has 1 saturated heterocycles. The van der Waals surface area contributed by atoms with Crippen LogP contribution in [-0.4, -0.2) is 21.8 Å². The zero-order valence-electron chi connectivity index (χ0n) is 17.6. The van der Waals surface area contributed by atoms with Crippen molar-refractivity contribution in [2.24, 2.45) is 0 Å². The lowest BCUT2D eigenvalue weighted by molar-refractivity contribution is -0.132. The molecule has 1 N–H and O–H groups in total. The maximum atomic E-state index is 13.2. The van der Waals surface area contributed by atoms with Crippen LogP contribution in [0.1, 0.15) is 28.3 Å². The summed E-state index contributed by atoms with van der Waals surface area (Å²) in [5, 5.41) is 11.6. The van der Waals surface area contributed by atoms with Gasteiger partial charge in [-0.25, -0.2) is 4.98 Å². The summed E-state index contributed by atoms with van der Waals surface area (Å²) in [5.41, 5.74) is 4.16. The van der Waals surface area contributed by atoms with E-state index in [1.54, 1.807) is 12.1 Å². The molecule has 0 spiro atoms. The molecule has 1 aromatic heterocycles. The van der Waals surface area contributed by atoms with Gasteiger partial charge in [0.1, 0.15) is 5.76 Å². The maximum Gasteiger partial charge on any atom is 0.301 e. The Kier molecular flexibility index (Phi) is 4.87. The fourth-order valence-electron chi connectivity index (χ4n) is 3.92. The number of benzene rings is 3. The molecule has 0 saturated carbocycles. The second-order valence-corrected chi connectivity index (χ2v) is 8.92. The van der Waals surface area contributed by atoms with Gasteiger partial charge >= 0.3 is 5.91 Å². The predicted molar refractivity (Wildman–Crippen MR) is 127 cm³/mol. The molecule has 1 atom stereocenters. The zero-order chi connectivity index (χ0) is 22.4. The molecule has 1 unspecified atom stereocenters. The lowest BCUT2D eigenvalue weighted by atomic mass is 9.94. The minimum atomic E-state index is -0.766. The zero-order valence-corrected chi connectivity index (χ0v) is 18.4. The number of rotatable bonds is 3. The molecule has 1 amide bonds. The van der Waals surface area contributed by atoms with Crippen molar-refractivity contribution in [3.8, 4) is 0 Å². The number of nitrogens with zero attached hydrogens (tertiary/aromatic N) is 2. The Balaban J connectivity index is 1.73. The number of aromatic nitrogens is 1. The monoisotopic (exact) mass is 440 g/mol. The third kappa shape index (κ3) is 3.29. The molecule has 6 heteroatoms. The molecular formula is C26H20N2O3S. The molecule has 32 heavy (non-hydrogen) atoms. The lowest BCUT2D eigenvalue weighted by Crippen LogP contribution is -2.29. The molecular weight excluding hydrogens is 420 g/mol. The van der Waals surface area contributed by atoms with Crippen LogP contribution < -0.4 is 4.90 Å². The van der Waals surface area contributed by atoms with Gasteiger partial charge in [-0.2, -0.15) is 0 Å². The SMILES string of the molecule is Cc1ccc(/C(O)=C2\C(=O)C(=O)N(c3nc4ccccc4s3)C2c2ccc(C)cc2)cc1. The first kappa shape index (κ1) is 20.2. The Hall–Kier alpha value is -3.77. The number of carbonyl (C=O) groups excluding carboxylic acids is 2. The summed E-state index contributed by atoms with van der Waals surface area (Å²) in [6, 6.07) is 21.7.